The molecule has 1 aromatic heterocycles. The van der Waals surface area contributed by atoms with Gasteiger partial charge in [0, 0.05) is 11.1 Å². The van der Waals surface area contributed by atoms with Crippen molar-refractivity contribution in [2.24, 2.45) is 0 Å². The molecule has 1 saturated heterocycles. The Balaban J connectivity index is 1.32. The first kappa shape index (κ1) is 17.0. The number of rotatable bonds is 5. The number of hydrogen-bond donors (Lipinski definition) is 1. The van der Waals surface area contributed by atoms with Gasteiger partial charge in [0.25, 0.3) is 0 Å². The fourth-order valence-corrected chi connectivity index (χ4v) is 6.44. The van der Waals surface area contributed by atoms with Crippen LogP contribution < -0.4 is 4.90 Å². The van der Waals surface area contributed by atoms with Gasteiger partial charge in [-0.25, -0.2) is 4.98 Å². The summed E-state index contributed by atoms with van der Waals surface area (Å²) in [5.74, 6) is 0. The summed E-state index contributed by atoms with van der Waals surface area (Å²) in [6, 6.07) is 30.7. The van der Waals surface area contributed by atoms with Gasteiger partial charge in [-0.15, -0.1) is 11.3 Å². The summed E-state index contributed by atoms with van der Waals surface area (Å²) in [6.07, 6.45) is 0. The van der Waals surface area contributed by atoms with Crippen molar-refractivity contribution in [1.29, 1.82) is 0 Å². The third kappa shape index (κ3) is 3.53. The molecule has 1 N–H and O–H groups in total. The van der Waals surface area contributed by atoms with Crippen molar-refractivity contribution in [2.45, 2.75) is 15.6 Å². The summed E-state index contributed by atoms with van der Waals surface area (Å²) in [7, 11) is 0. The lowest BCUT2D eigenvalue weighted by Crippen LogP contribution is -3.21. The predicted molar refractivity (Wildman–Crippen MR) is 115 cm³/mol. The zero-order chi connectivity index (χ0) is 18.1. The first-order valence-electron chi connectivity index (χ1n) is 9.33. The topological polar surface area (TPSA) is 17.3 Å². The number of aromatic nitrogens is 1. The smallest absolute Gasteiger partial charge is 0.151 e. The van der Waals surface area contributed by atoms with Crippen LogP contribution in [0, 0.1) is 0 Å². The molecule has 2 nitrogen and oxygen atoms in total. The minimum absolute atomic E-state index is 0.416. The third-order valence-corrected chi connectivity index (χ3v) is 7.52. The largest absolute Gasteiger partial charge is 0.323 e. The van der Waals surface area contributed by atoms with Gasteiger partial charge in [0.2, 0.25) is 0 Å². The number of benzene rings is 3. The Kier molecular flexibility index (Phi) is 4.70. The lowest BCUT2D eigenvalue weighted by Gasteiger charge is -2.40. The fourth-order valence-electron chi connectivity index (χ4n) is 3.84. The second-order valence-electron chi connectivity index (χ2n) is 7.01. The summed E-state index contributed by atoms with van der Waals surface area (Å²) in [5.41, 5.74) is 3.93. The maximum absolute atomic E-state index is 4.79. The van der Waals surface area contributed by atoms with Gasteiger partial charge in [-0.1, -0.05) is 84.6 Å². The molecule has 134 valence electrons. The van der Waals surface area contributed by atoms with Crippen LogP contribution in [-0.4, -0.2) is 23.3 Å². The fraction of sp³-hybridized carbons (Fsp3) is 0.174. The Morgan fingerprint density at radius 1 is 0.815 bits per heavy atom. The molecule has 0 aliphatic carbocycles. The Hall–Kier alpha value is -2.14. The van der Waals surface area contributed by atoms with Gasteiger partial charge in [-0.05, 0) is 12.1 Å². The van der Waals surface area contributed by atoms with Crippen molar-refractivity contribution >= 4 is 33.3 Å². The Morgan fingerprint density at radius 2 is 1.41 bits per heavy atom. The zero-order valence-electron chi connectivity index (χ0n) is 14.9. The maximum Gasteiger partial charge on any atom is 0.151 e. The maximum atomic E-state index is 4.79. The zero-order valence-corrected chi connectivity index (χ0v) is 16.5. The van der Waals surface area contributed by atoms with E-state index in [2.05, 4.69) is 84.9 Å². The molecule has 0 atom stereocenters. The normalized spacial score (nSPS) is 19.3. The minimum Gasteiger partial charge on any atom is -0.323 e. The highest BCUT2D eigenvalue weighted by atomic mass is 32.2. The minimum atomic E-state index is 0.416. The van der Waals surface area contributed by atoms with Crippen LogP contribution in [-0.2, 0) is 0 Å². The summed E-state index contributed by atoms with van der Waals surface area (Å²) < 4.78 is 2.49. The second kappa shape index (κ2) is 7.47. The summed E-state index contributed by atoms with van der Waals surface area (Å²) in [4.78, 5) is 6.44. The number of thiazole rings is 1. The Labute approximate surface area is 167 Å². The molecule has 4 aromatic rings. The molecule has 0 bridgehead atoms. The van der Waals surface area contributed by atoms with Gasteiger partial charge < -0.3 is 4.90 Å². The number of nitrogens with zero attached hydrogens (tertiary/aromatic N) is 1. The van der Waals surface area contributed by atoms with E-state index in [9.17, 15) is 0 Å². The van der Waals surface area contributed by atoms with Crippen LogP contribution in [0.1, 0.15) is 17.2 Å². The van der Waals surface area contributed by atoms with Gasteiger partial charge in [0.1, 0.15) is 11.3 Å². The molecule has 4 heteroatoms. The van der Waals surface area contributed by atoms with E-state index in [1.165, 1.54) is 33.3 Å². The van der Waals surface area contributed by atoms with Crippen LogP contribution in [0.4, 0.5) is 0 Å². The number of hydrogen-bond acceptors (Lipinski definition) is 3. The highest BCUT2D eigenvalue weighted by Gasteiger charge is 2.39. The van der Waals surface area contributed by atoms with Gasteiger partial charge in [-0.3, -0.25) is 0 Å². The first-order chi connectivity index (χ1) is 13.4. The summed E-state index contributed by atoms with van der Waals surface area (Å²) in [6.45, 7) is 2.35. The first-order valence-corrected chi connectivity index (χ1v) is 11.0. The van der Waals surface area contributed by atoms with Crippen LogP contribution in [0.25, 0.3) is 10.2 Å². The number of para-hydroxylation sites is 1. The molecule has 0 spiro atoms. The molecule has 0 unspecified atom stereocenters. The number of quaternary nitrogens is 1. The molecular formula is C23H21N2S2+. The molecule has 1 aliphatic heterocycles. The van der Waals surface area contributed by atoms with E-state index in [-0.39, 0.29) is 0 Å². The predicted octanol–water partition coefficient (Wildman–Crippen LogP) is 4.45. The summed E-state index contributed by atoms with van der Waals surface area (Å²) in [5, 5.41) is 0.649. The van der Waals surface area contributed by atoms with Gasteiger partial charge in [0.05, 0.1) is 23.3 Å². The van der Waals surface area contributed by atoms with E-state index in [4.69, 9.17) is 4.98 Å². The lowest BCUT2D eigenvalue weighted by molar-refractivity contribution is -0.960. The van der Waals surface area contributed by atoms with Gasteiger partial charge in [-0.2, -0.15) is 0 Å². The number of fused-ring (bicyclic) bond motifs is 1. The Morgan fingerprint density at radius 3 is 2.04 bits per heavy atom. The van der Waals surface area contributed by atoms with Crippen molar-refractivity contribution in [3.63, 3.8) is 0 Å². The van der Waals surface area contributed by atoms with E-state index in [1.807, 2.05) is 23.1 Å². The van der Waals surface area contributed by atoms with Gasteiger partial charge >= 0.3 is 0 Å². The molecule has 27 heavy (non-hydrogen) atoms. The molecule has 1 aliphatic rings. The SMILES string of the molecule is c1ccc(C(c2ccccc2)[NH+]2CC(Sc3nc4ccccc4s3)C2)cc1. The summed E-state index contributed by atoms with van der Waals surface area (Å²) >= 11 is 3.77. The highest BCUT2D eigenvalue weighted by Crippen LogP contribution is 2.33. The quantitative estimate of drug-likeness (QED) is 0.543. The molecule has 5 rings (SSSR count). The lowest BCUT2D eigenvalue weighted by atomic mass is 9.94. The number of nitrogens with one attached hydrogen (secondary N) is 1. The number of thioether (sulfide) groups is 1. The van der Waals surface area contributed by atoms with Crippen molar-refractivity contribution in [1.82, 2.24) is 4.98 Å². The van der Waals surface area contributed by atoms with Crippen molar-refractivity contribution in [3.8, 4) is 0 Å². The highest BCUT2D eigenvalue weighted by molar-refractivity contribution is 8.01. The standard InChI is InChI=1S/C23H20N2S2/c1-3-9-17(10-4-1)22(18-11-5-2-6-12-18)25-15-19(16-25)26-23-24-20-13-7-8-14-21(20)27-23/h1-14,19,22H,15-16H2/p+1. The van der Waals surface area contributed by atoms with Crippen LogP contribution in [0.15, 0.2) is 89.3 Å². The van der Waals surface area contributed by atoms with E-state index in [0.717, 1.165) is 5.52 Å². The Bertz CT molecular complexity index is 951. The second-order valence-corrected chi connectivity index (χ2v) is 9.59. The van der Waals surface area contributed by atoms with Crippen LogP contribution in [0.5, 0.6) is 0 Å². The van der Waals surface area contributed by atoms with E-state index >= 15 is 0 Å². The van der Waals surface area contributed by atoms with Crippen LogP contribution in [0.2, 0.25) is 0 Å². The van der Waals surface area contributed by atoms with Crippen molar-refractivity contribution in [2.75, 3.05) is 13.1 Å². The molecule has 0 amide bonds. The average molecular weight is 390 g/mol. The average Bonchev–Trinajstić information content (AvgIpc) is 3.10. The molecule has 3 aromatic carbocycles. The van der Waals surface area contributed by atoms with Crippen molar-refractivity contribution < 1.29 is 4.90 Å². The molecule has 0 radical (unpaired) electrons. The van der Waals surface area contributed by atoms with Crippen LogP contribution >= 0.6 is 23.1 Å². The van der Waals surface area contributed by atoms with Gasteiger partial charge in [0.15, 0.2) is 4.34 Å². The molecular weight excluding hydrogens is 368 g/mol. The van der Waals surface area contributed by atoms with Crippen LogP contribution in [0.3, 0.4) is 0 Å². The van der Waals surface area contributed by atoms with E-state index < -0.39 is 0 Å². The molecule has 2 heterocycles. The number of likely N-dealkylation sites (tertiary alicyclic amines) is 1. The van der Waals surface area contributed by atoms with Crippen molar-refractivity contribution in [3.05, 3.63) is 96.1 Å². The third-order valence-electron chi connectivity index (χ3n) is 5.20. The molecule has 1 fully saturated rings. The molecule has 0 saturated carbocycles. The van der Waals surface area contributed by atoms with E-state index in [1.54, 1.807) is 4.90 Å². The monoisotopic (exact) mass is 389 g/mol. The van der Waals surface area contributed by atoms with E-state index in [0.29, 0.717) is 11.3 Å².